The Kier molecular flexibility index (Phi) is 9.69. The number of likely N-dealkylation sites (tertiary alicyclic amines) is 1. The highest BCUT2D eigenvalue weighted by Gasteiger charge is 2.76. The zero-order chi connectivity index (χ0) is 24.9. The Morgan fingerprint density at radius 2 is 2.09 bits per heavy atom. The number of fused-ring (bicyclic) bond motifs is 1. The number of halogens is 1. The molecule has 7 nitrogen and oxygen atoms in total. The Hall–Kier alpha value is -1.32. The highest BCUT2D eigenvalue weighted by Crippen LogP contribution is 2.68. The number of aliphatic hydroxyl groups excluding tert-OH is 1. The van der Waals surface area contributed by atoms with Gasteiger partial charge in [0, 0.05) is 36.3 Å². The molecule has 9 heteroatoms. The topological polar surface area (TPSA) is 87.1 Å². The number of hydrogen-bond acceptors (Lipinski definition) is 6. The predicted octanol–water partition coefficient (Wildman–Crippen LogP) is 3.16. The molecule has 3 aliphatic heterocycles. The second kappa shape index (κ2) is 12.1. The van der Waals surface area contributed by atoms with Gasteiger partial charge in [-0.2, -0.15) is 0 Å². The van der Waals surface area contributed by atoms with Crippen molar-refractivity contribution in [3.05, 3.63) is 25.3 Å². The molecule has 1 N–H and O–H groups in total. The second-order valence-corrected chi connectivity index (χ2v) is 12.0. The first-order valence-corrected chi connectivity index (χ1v) is 14.1. The minimum absolute atomic E-state index is 0.0229. The van der Waals surface area contributed by atoms with E-state index in [-0.39, 0.29) is 41.1 Å². The van der Waals surface area contributed by atoms with Crippen molar-refractivity contribution in [2.45, 2.75) is 66.3 Å². The van der Waals surface area contributed by atoms with E-state index in [1.807, 2.05) is 0 Å². The van der Waals surface area contributed by atoms with Gasteiger partial charge in [-0.1, -0.05) is 41.4 Å². The van der Waals surface area contributed by atoms with E-state index in [1.165, 1.54) is 0 Å². The summed E-state index contributed by atoms with van der Waals surface area (Å²) in [6.07, 6.45) is 7.61. The monoisotopic (exact) mass is 556 g/mol. The first kappa shape index (κ1) is 27.3. The van der Waals surface area contributed by atoms with E-state index < -0.39 is 22.6 Å². The van der Waals surface area contributed by atoms with Crippen molar-refractivity contribution >= 4 is 45.5 Å². The number of amides is 2. The number of nitrogens with zero attached hydrogens (tertiary/aromatic N) is 2. The van der Waals surface area contributed by atoms with Gasteiger partial charge in [0.15, 0.2) is 0 Å². The molecule has 3 unspecified atom stereocenters. The fraction of sp³-hybridized carbons (Fsp3) is 0.720. The zero-order valence-corrected chi connectivity index (χ0v) is 22.4. The first-order chi connectivity index (χ1) is 16.4. The predicted molar refractivity (Wildman–Crippen MR) is 138 cm³/mol. The minimum Gasteiger partial charge on any atom is -0.465 e. The maximum atomic E-state index is 14.0. The van der Waals surface area contributed by atoms with Crippen LogP contribution < -0.4 is 0 Å². The highest BCUT2D eigenvalue weighted by molar-refractivity contribution is 9.09. The van der Waals surface area contributed by atoms with Crippen LogP contribution >= 0.6 is 27.7 Å². The van der Waals surface area contributed by atoms with E-state index in [4.69, 9.17) is 4.74 Å². The summed E-state index contributed by atoms with van der Waals surface area (Å²) in [6, 6.07) is -0.637. The molecule has 2 bridgehead atoms. The summed E-state index contributed by atoms with van der Waals surface area (Å²) in [5, 5.41) is 9.18. The van der Waals surface area contributed by atoms with E-state index in [0.717, 1.165) is 12.8 Å². The van der Waals surface area contributed by atoms with Crippen molar-refractivity contribution in [1.82, 2.24) is 9.80 Å². The molecule has 3 saturated heterocycles. The third-order valence-electron chi connectivity index (χ3n) is 7.11. The van der Waals surface area contributed by atoms with Crippen molar-refractivity contribution in [2.24, 2.45) is 11.8 Å². The fourth-order valence-corrected chi connectivity index (χ4v) is 9.22. The van der Waals surface area contributed by atoms with Crippen LogP contribution in [-0.4, -0.2) is 86.4 Å². The molecular weight excluding hydrogens is 520 g/mol. The number of esters is 1. The van der Waals surface area contributed by atoms with Gasteiger partial charge < -0.3 is 19.6 Å². The second-order valence-electron chi connectivity index (χ2n) is 9.30. The number of unbranched alkanes of at least 4 members (excludes halogenated alkanes) is 2. The minimum atomic E-state index is -0.667. The Morgan fingerprint density at radius 1 is 1.32 bits per heavy atom. The molecule has 0 radical (unpaired) electrons. The third-order valence-corrected chi connectivity index (χ3v) is 10.3. The van der Waals surface area contributed by atoms with Gasteiger partial charge >= 0.3 is 5.97 Å². The van der Waals surface area contributed by atoms with Crippen LogP contribution in [0.3, 0.4) is 0 Å². The number of carbonyl (C=O) groups excluding carboxylic acids is 3. The van der Waals surface area contributed by atoms with E-state index in [0.29, 0.717) is 45.3 Å². The fourth-order valence-electron chi connectivity index (χ4n) is 5.62. The Bertz CT molecular complexity index is 795. The summed E-state index contributed by atoms with van der Waals surface area (Å²) in [7, 11) is 0. The summed E-state index contributed by atoms with van der Waals surface area (Å²) in [5.74, 6) is -1.72. The molecule has 3 rings (SSSR count). The van der Waals surface area contributed by atoms with Crippen LogP contribution in [0.15, 0.2) is 25.3 Å². The number of ether oxygens (including phenoxy) is 1. The first-order valence-electron chi connectivity index (χ1n) is 12.3. The summed E-state index contributed by atoms with van der Waals surface area (Å²) < 4.78 is 4.87. The van der Waals surface area contributed by atoms with Crippen molar-refractivity contribution < 1.29 is 24.2 Å². The molecule has 6 atom stereocenters. The van der Waals surface area contributed by atoms with Gasteiger partial charge in [-0.05, 0) is 32.1 Å². The lowest BCUT2D eigenvalue weighted by Gasteiger charge is -2.37. The molecule has 0 aromatic carbocycles. The van der Waals surface area contributed by atoms with Crippen LogP contribution in [0.4, 0.5) is 0 Å². The standard InChI is InChI=1S/C25H37BrN2O5S/c1-4-7-12-27(11-6-3)23(31)21-25-16-17(26)20(34-25)18(24(32)33-15-8-5-2)19(25)22(30)28(21)13-9-10-14-29/h5-6,17-21,29H,2-4,7-16H2,1H3/t17?,18-,19-,20-,21?,25?/m0/s1. The Labute approximate surface area is 215 Å². The quantitative estimate of drug-likeness (QED) is 0.153. The average Bonchev–Trinajstić information content (AvgIpc) is 3.40. The van der Waals surface area contributed by atoms with Gasteiger partial charge in [0.1, 0.15) is 6.04 Å². The van der Waals surface area contributed by atoms with E-state index in [2.05, 4.69) is 36.0 Å². The van der Waals surface area contributed by atoms with Crippen molar-refractivity contribution in [3.63, 3.8) is 0 Å². The average molecular weight is 558 g/mol. The highest BCUT2D eigenvalue weighted by atomic mass is 79.9. The number of thioether (sulfide) groups is 1. The smallest absolute Gasteiger partial charge is 0.310 e. The van der Waals surface area contributed by atoms with E-state index in [1.54, 1.807) is 33.7 Å². The van der Waals surface area contributed by atoms with Crippen LogP contribution in [0.1, 0.15) is 45.4 Å². The molecule has 3 heterocycles. The summed E-state index contributed by atoms with van der Waals surface area (Å²) in [4.78, 5) is 44.6. The third kappa shape index (κ3) is 4.98. The molecule has 190 valence electrons. The number of alkyl halides is 1. The zero-order valence-electron chi connectivity index (χ0n) is 20.0. The van der Waals surface area contributed by atoms with E-state index >= 15 is 0 Å². The van der Waals surface area contributed by atoms with Gasteiger partial charge in [-0.15, -0.1) is 24.9 Å². The van der Waals surface area contributed by atoms with Crippen LogP contribution in [-0.2, 0) is 19.1 Å². The molecule has 0 saturated carbocycles. The summed E-state index contributed by atoms with van der Waals surface area (Å²) >= 11 is 5.38. The normalized spacial score (nSPS) is 31.4. The molecule has 0 aliphatic carbocycles. The van der Waals surface area contributed by atoms with Crippen LogP contribution in [0.2, 0.25) is 0 Å². The van der Waals surface area contributed by atoms with Crippen molar-refractivity contribution in [3.8, 4) is 0 Å². The maximum absolute atomic E-state index is 14.0. The van der Waals surface area contributed by atoms with E-state index in [9.17, 15) is 19.5 Å². The van der Waals surface area contributed by atoms with Crippen LogP contribution in [0.25, 0.3) is 0 Å². The van der Waals surface area contributed by atoms with Gasteiger partial charge in [-0.25, -0.2) is 0 Å². The number of aliphatic hydroxyl groups is 1. The lowest BCUT2D eigenvalue weighted by Crippen LogP contribution is -2.55. The lowest BCUT2D eigenvalue weighted by atomic mass is 9.71. The molecule has 0 aromatic heterocycles. The summed E-state index contributed by atoms with van der Waals surface area (Å²) in [5.41, 5.74) is 0. The molecular formula is C25H37BrN2O5S. The lowest BCUT2D eigenvalue weighted by molar-refractivity contribution is -0.154. The Balaban J connectivity index is 1.97. The van der Waals surface area contributed by atoms with Gasteiger partial charge in [0.2, 0.25) is 11.8 Å². The van der Waals surface area contributed by atoms with Crippen molar-refractivity contribution in [2.75, 3.05) is 32.8 Å². The van der Waals surface area contributed by atoms with Gasteiger partial charge in [-0.3, -0.25) is 14.4 Å². The number of rotatable bonds is 14. The molecule has 0 aromatic rings. The van der Waals surface area contributed by atoms with Crippen LogP contribution in [0, 0.1) is 11.8 Å². The molecule has 2 amide bonds. The summed E-state index contributed by atoms with van der Waals surface area (Å²) in [6.45, 7) is 11.3. The number of carbonyl (C=O) groups is 3. The Morgan fingerprint density at radius 3 is 2.74 bits per heavy atom. The van der Waals surface area contributed by atoms with Gasteiger partial charge in [0.25, 0.3) is 0 Å². The largest absolute Gasteiger partial charge is 0.465 e. The van der Waals surface area contributed by atoms with Crippen molar-refractivity contribution in [1.29, 1.82) is 0 Å². The SMILES string of the molecule is C=CCCOC(=O)[C@H]1[C@H]2C(=O)N(CCCCO)C(C(=O)N(CC=C)CCCC)C23CC(Br)[C@@H]1S3. The molecule has 34 heavy (non-hydrogen) atoms. The van der Waals surface area contributed by atoms with Crippen LogP contribution in [0.5, 0.6) is 0 Å². The van der Waals surface area contributed by atoms with Gasteiger partial charge in [0.05, 0.1) is 23.2 Å². The number of hydrogen-bond donors (Lipinski definition) is 1. The molecule has 1 spiro atoms. The molecule has 3 fully saturated rings. The molecule has 3 aliphatic rings. The maximum Gasteiger partial charge on any atom is 0.310 e.